The van der Waals surface area contributed by atoms with Gasteiger partial charge in [0.2, 0.25) is 5.91 Å². The Balaban J connectivity index is 1.44. The monoisotopic (exact) mass is 425 g/mol. The molecule has 0 saturated carbocycles. The van der Waals surface area contributed by atoms with E-state index in [9.17, 15) is 19.2 Å². The van der Waals surface area contributed by atoms with Gasteiger partial charge in [-0.2, -0.15) is 0 Å². The van der Waals surface area contributed by atoms with Crippen molar-refractivity contribution in [2.45, 2.75) is 13.3 Å². The van der Waals surface area contributed by atoms with E-state index in [0.29, 0.717) is 23.6 Å². The number of esters is 1. The highest BCUT2D eigenvalue weighted by molar-refractivity contribution is 5.97. The number of carbonyl (C=O) groups is 4. The normalized spacial score (nSPS) is 15.3. The van der Waals surface area contributed by atoms with Crippen molar-refractivity contribution in [2.24, 2.45) is 5.92 Å². The number of hydrogen-bond donors (Lipinski definition) is 2. The SMILES string of the molecule is CCOc1ccc(NC(=O)COC(=O)[C@@H]2CC(=O)N(NC(=O)c3ccccc3)C2)cc1. The Hall–Kier alpha value is -3.88. The van der Waals surface area contributed by atoms with Gasteiger partial charge in [-0.05, 0) is 43.3 Å². The van der Waals surface area contributed by atoms with Crippen LogP contribution >= 0.6 is 0 Å². The molecule has 1 atom stereocenters. The largest absolute Gasteiger partial charge is 0.494 e. The summed E-state index contributed by atoms with van der Waals surface area (Å²) in [5.74, 6) is -2.10. The highest BCUT2D eigenvalue weighted by Gasteiger charge is 2.36. The average molecular weight is 425 g/mol. The third kappa shape index (κ3) is 6.05. The van der Waals surface area contributed by atoms with Gasteiger partial charge in [0, 0.05) is 17.7 Å². The summed E-state index contributed by atoms with van der Waals surface area (Å²) in [7, 11) is 0. The number of benzene rings is 2. The van der Waals surface area contributed by atoms with E-state index < -0.39 is 36.2 Å². The number of rotatable bonds is 8. The van der Waals surface area contributed by atoms with E-state index in [1.54, 1.807) is 54.6 Å². The number of hydrazine groups is 1. The Morgan fingerprint density at radius 2 is 1.77 bits per heavy atom. The Morgan fingerprint density at radius 3 is 2.45 bits per heavy atom. The van der Waals surface area contributed by atoms with Crippen LogP contribution in [0.1, 0.15) is 23.7 Å². The fourth-order valence-corrected chi connectivity index (χ4v) is 3.00. The summed E-state index contributed by atoms with van der Waals surface area (Å²) in [6.07, 6.45) is -0.103. The molecular formula is C22H23N3O6. The Kier molecular flexibility index (Phi) is 7.21. The van der Waals surface area contributed by atoms with E-state index >= 15 is 0 Å². The molecule has 0 aromatic heterocycles. The zero-order chi connectivity index (χ0) is 22.2. The van der Waals surface area contributed by atoms with Crippen molar-refractivity contribution in [3.05, 3.63) is 60.2 Å². The lowest BCUT2D eigenvalue weighted by Crippen LogP contribution is -2.43. The zero-order valence-electron chi connectivity index (χ0n) is 17.0. The third-order valence-corrected chi connectivity index (χ3v) is 4.53. The number of hydrogen-bond acceptors (Lipinski definition) is 6. The van der Waals surface area contributed by atoms with Crippen LogP contribution in [-0.2, 0) is 19.1 Å². The first kappa shape index (κ1) is 21.8. The van der Waals surface area contributed by atoms with E-state index in [4.69, 9.17) is 9.47 Å². The minimum absolute atomic E-state index is 0.0171. The molecule has 1 saturated heterocycles. The van der Waals surface area contributed by atoms with Crippen LogP contribution in [0.2, 0.25) is 0 Å². The van der Waals surface area contributed by atoms with Crippen LogP contribution in [0.5, 0.6) is 5.75 Å². The molecular weight excluding hydrogens is 402 g/mol. The predicted octanol–water partition coefficient (Wildman–Crippen LogP) is 1.76. The van der Waals surface area contributed by atoms with Crippen molar-refractivity contribution in [1.29, 1.82) is 0 Å². The molecule has 9 heteroatoms. The Labute approximate surface area is 179 Å². The second kappa shape index (κ2) is 10.2. The summed E-state index contributed by atoms with van der Waals surface area (Å²) in [6, 6.07) is 15.2. The summed E-state index contributed by atoms with van der Waals surface area (Å²) in [6.45, 7) is 1.92. The quantitative estimate of drug-likeness (QED) is 0.623. The van der Waals surface area contributed by atoms with Crippen molar-refractivity contribution in [2.75, 3.05) is 25.1 Å². The molecule has 31 heavy (non-hydrogen) atoms. The average Bonchev–Trinajstić information content (AvgIpc) is 3.14. The summed E-state index contributed by atoms with van der Waals surface area (Å²) in [4.78, 5) is 48.6. The van der Waals surface area contributed by atoms with Crippen LogP contribution in [-0.4, -0.2) is 48.5 Å². The zero-order valence-corrected chi connectivity index (χ0v) is 17.0. The minimum Gasteiger partial charge on any atom is -0.494 e. The first-order chi connectivity index (χ1) is 15.0. The van der Waals surface area contributed by atoms with E-state index in [2.05, 4.69) is 10.7 Å². The molecule has 0 bridgehead atoms. The van der Waals surface area contributed by atoms with Crippen LogP contribution in [0, 0.1) is 5.92 Å². The molecule has 2 aromatic carbocycles. The standard InChI is InChI=1S/C22H23N3O6/c1-2-30-18-10-8-17(9-11-18)23-19(26)14-31-22(29)16-12-20(27)25(13-16)24-21(28)15-6-4-3-5-7-15/h3-11,16H,2,12-14H2,1H3,(H,23,26)(H,24,28)/t16-/m1/s1. The predicted molar refractivity (Wildman–Crippen MR) is 111 cm³/mol. The van der Waals surface area contributed by atoms with Gasteiger partial charge in [0.25, 0.3) is 11.8 Å². The lowest BCUT2D eigenvalue weighted by atomic mass is 10.1. The van der Waals surface area contributed by atoms with Crippen molar-refractivity contribution < 1.29 is 28.7 Å². The highest BCUT2D eigenvalue weighted by Crippen LogP contribution is 2.18. The first-order valence-electron chi connectivity index (χ1n) is 9.82. The number of ether oxygens (including phenoxy) is 2. The van der Waals surface area contributed by atoms with Gasteiger partial charge in [0.05, 0.1) is 19.1 Å². The van der Waals surface area contributed by atoms with Gasteiger partial charge in [-0.25, -0.2) is 0 Å². The summed E-state index contributed by atoms with van der Waals surface area (Å²) >= 11 is 0. The van der Waals surface area contributed by atoms with Crippen LogP contribution < -0.4 is 15.5 Å². The molecule has 1 aliphatic rings. The van der Waals surface area contributed by atoms with Gasteiger partial charge < -0.3 is 14.8 Å². The molecule has 1 heterocycles. The van der Waals surface area contributed by atoms with Gasteiger partial charge in [-0.3, -0.25) is 29.6 Å². The molecule has 1 fully saturated rings. The molecule has 0 aliphatic carbocycles. The molecule has 1 aliphatic heterocycles. The molecule has 3 rings (SSSR count). The van der Waals surface area contributed by atoms with E-state index in [0.717, 1.165) is 5.01 Å². The van der Waals surface area contributed by atoms with Crippen LogP contribution in [0.15, 0.2) is 54.6 Å². The molecule has 0 spiro atoms. The van der Waals surface area contributed by atoms with Gasteiger partial charge in [-0.15, -0.1) is 0 Å². The van der Waals surface area contributed by atoms with Crippen molar-refractivity contribution in [3.63, 3.8) is 0 Å². The maximum Gasteiger partial charge on any atom is 0.311 e. The molecule has 3 amide bonds. The van der Waals surface area contributed by atoms with Crippen molar-refractivity contribution in [1.82, 2.24) is 10.4 Å². The maximum absolute atomic E-state index is 12.3. The van der Waals surface area contributed by atoms with E-state index in [1.165, 1.54) is 0 Å². The second-order valence-corrected chi connectivity index (χ2v) is 6.83. The van der Waals surface area contributed by atoms with Crippen LogP contribution in [0.3, 0.4) is 0 Å². The summed E-state index contributed by atoms with van der Waals surface area (Å²) < 4.78 is 10.4. The highest BCUT2D eigenvalue weighted by atomic mass is 16.5. The molecule has 162 valence electrons. The third-order valence-electron chi connectivity index (χ3n) is 4.53. The van der Waals surface area contributed by atoms with Gasteiger partial charge in [0.1, 0.15) is 5.75 Å². The second-order valence-electron chi connectivity index (χ2n) is 6.83. The lowest BCUT2D eigenvalue weighted by Gasteiger charge is -2.17. The van der Waals surface area contributed by atoms with E-state index in [-0.39, 0.29) is 13.0 Å². The molecule has 0 unspecified atom stereocenters. The minimum atomic E-state index is -0.762. The summed E-state index contributed by atoms with van der Waals surface area (Å²) in [5.41, 5.74) is 3.42. The van der Waals surface area contributed by atoms with E-state index in [1.807, 2.05) is 6.92 Å². The van der Waals surface area contributed by atoms with Crippen LogP contribution in [0.4, 0.5) is 5.69 Å². The number of anilines is 1. The van der Waals surface area contributed by atoms with Gasteiger partial charge in [-0.1, -0.05) is 18.2 Å². The lowest BCUT2D eigenvalue weighted by molar-refractivity contribution is -0.151. The Bertz CT molecular complexity index is 945. The van der Waals surface area contributed by atoms with Gasteiger partial charge >= 0.3 is 5.97 Å². The van der Waals surface area contributed by atoms with Crippen molar-refractivity contribution >= 4 is 29.4 Å². The number of carbonyl (C=O) groups excluding carboxylic acids is 4. The molecule has 2 aromatic rings. The fraction of sp³-hybridized carbons (Fsp3) is 0.273. The summed E-state index contributed by atoms with van der Waals surface area (Å²) in [5, 5.41) is 3.71. The molecule has 0 radical (unpaired) electrons. The van der Waals surface area contributed by atoms with Crippen LogP contribution in [0.25, 0.3) is 0 Å². The fourth-order valence-electron chi connectivity index (χ4n) is 3.00. The molecule has 9 nitrogen and oxygen atoms in total. The van der Waals surface area contributed by atoms with Gasteiger partial charge in [0.15, 0.2) is 6.61 Å². The number of nitrogens with zero attached hydrogens (tertiary/aromatic N) is 1. The molecule has 2 N–H and O–H groups in total. The topological polar surface area (TPSA) is 114 Å². The number of amides is 3. The Morgan fingerprint density at radius 1 is 1.06 bits per heavy atom. The number of nitrogens with one attached hydrogen (secondary N) is 2. The first-order valence-corrected chi connectivity index (χ1v) is 9.82. The van der Waals surface area contributed by atoms with Crippen molar-refractivity contribution in [3.8, 4) is 5.75 Å². The smallest absolute Gasteiger partial charge is 0.311 e. The maximum atomic E-state index is 12.3.